The number of aromatic nitrogens is 4. The van der Waals surface area contributed by atoms with Crippen LogP contribution in [-0.4, -0.2) is 109 Å². The van der Waals surface area contributed by atoms with Gasteiger partial charge in [0.25, 0.3) is 5.56 Å². The zero-order valence-corrected chi connectivity index (χ0v) is 35.6. The van der Waals surface area contributed by atoms with Gasteiger partial charge in [0.1, 0.15) is 42.8 Å². The molecule has 1 saturated carbocycles. The number of nitrogens with zero attached hydrogens (tertiary/aromatic N) is 4. The first kappa shape index (κ1) is 44.0. The Labute approximate surface area is 349 Å². The second-order valence-electron chi connectivity index (χ2n) is 15.9. The zero-order chi connectivity index (χ0) is 42.9. The van der Waals surface area contributed by atoms with Crippen molar-refractivity contribution in [3.05, 3.63) is 119 Å². The normalized spacial score (nSPS) is 18.0. The topological polar surface area (TPSA) is 198 Å². The number of imidazole rings is 1. The van der Waals surface area contributed by atoms with Crippen LogP contribution >= 0.6 is 0 Å². The summed E-state index contributed by atoms with van der Waals surface area (Å²) >= 11 is 0. The van der Waals surface area contributed by atoms with Gasteiger partial charge in [-0.15, -0.1) is 0 Å². The Balaban J connectivity index is 1.10. The largest absolute Gasteiger partial charge is 0.497 e. The van der Waals surface area contributed by atoms with Crippen LogP contribution in [0.1, 0.15) is 29.2 Å². The van der Waals surface area contributed by atoms with Crippen LogP contribution in [0.15, 0.2) is 96.3 Å². The number of alkyl carbamates (subject to hydrolysis) is 1. The molecule has 3 aromatic carbocycles. The third-order valence-corrected chi connectivity index (χ3v) is 12.4. The molecule has 60 heavy (non-hydrogen) atoms. The second kappa shape index (κ2) is 19.6. The molecule has 2 heterocycles. The number of carbonyl (C=O) groups excluding carboxylic acids is 2. The van der Waals surface area contributed by atoms with E-state index >= 15 is 0 Å². The van der Waals surface area contributed by atoms with Gasteiger partial charge in [0.2, 0.25) is 5.91 Å². The smallest absolute Gasteiger partial charge is 0.407 e. The van der Waals surface area contributed by atoms with Crippen molar-refractivity contribution < 1.29 is 43.5 Å². The molecule has 0 unspecified atom stereocenters. The number of methoxy groups -OCH3 is 2. The number of aliphatic hydroxyl groups excluding tert-OH is 2. The Morgan fingerprint density at radius 1 is 0.833 bits per heavy atom. The minimum Gasteiger partial charge on any atom is -0.497 e. The first-order valence-electron chi connectivity index (χ1n) is 19.9. The van der Waals surface area contributed by atoms with Gasteiger partial charge in [-0.05, 0) is 53.4 Å². The Morgan fingerprint density at radius 2 is 1.47 bits per heavy atom. The van der Waals surface area contributed by atoms with Gasteiger partial charge in [-0.1, -0.05) is 74.2 Å². The van der Waals surface area contributed by atoms with E-state index in [1.54, 1.807) is 18.8 Å². The van der Waals surface area contributed by atoms with Crippen LogP contribution in [0, 0.1) is 5.92 Å². The summed E-state index contributed by atoms with van der Waals surface area (Å²) in [6, 6.07) is 25.3. The molecule has 6 rings (SSSR count). The minimum atomic E-state index is -1.34. The Kier molecular flexibility index (Phi) is 14.4. The highest BCUT2D eigenvalue weighted by atomic mass is 28.3. The number of benzene rings is 3. The molecular weight excluding hydrogens is 789 g/mol. The van der Waals surface area contributed by atoms with E-state index in [2.05, 4.69) is 40.2 Å². The molecule has 2 amide bonds. The third kappa shape index (κ3) is 10.2. The molecule has 2 aromatic heterocycles. The molecule has 1 aliphatic rings. The Bertz CT molecular complexity index is 2200. The number of amides is 2. The first-order chi connectivity index (χ1) is 28.8. The summed E-state index contributed by atoms with van der Waals surface area (Å²) in [4.78, 5) is 46.2. The number of hydrogen-bond acceptors (Lipinski definition) is 12. The van der Waals surface area contributed by atoms with Crippen molar-refractivity contribution in [2.45, 2.75) is 62.5 Å². The lowest BCUT2D eigenvalue weighted by atomic mass is 9.79. The second-order valence-corrected chi connectivity index (χ2v) is 21.5. The summed E-state index contributed by atoms with van der Waals surface area (Å²) in [6.45, 7) is 6.71. The molecular formula is C43H54N6O10Si. The molecule has 1 fully saturated rings. The molecule has 4 N–H and O–H groups in total. The number of fused-ring (bicyclic) bond motifs is 1. The lowest BCUT2D eigenvalue weighted by Gasteiger charge is -2.37. The van der Waals surface area contributed by atoms with Gasteiger partial charge in [-0.2, -0.15) is 0 Å². The number of nitrogens with one attached hydrogen (secondary N) is 2. The van der Waals surface area contributed by atoms with Crippen molar-refractivity contribution in [1.29, 1.82) is 0 Å². The number of ether oxygens (including phenoxy) is 5. The molecule has 5 aromatic rings. The highest BCUT2D eigenvalue weighted by Crippen LogP contribution is 2.44. The van der Waals surface area contributed by atoms with E-state index in [9.17, 15) is 24.6 Å². The number of carbonyl (C=O) groups is 2. The average Bonchev–Trinajstić information content (AvgIpc) is 3.81. The van der Waals surface area contributed by atoms with Crippen molar-refractivity contribution in [3.8, 4) is 11.5 Å². The predicted molar refractivity (Wildman–Crippen MR) is 226 cm³/mol. The molecule has 1 aliphatic carbocycles. The SMILES string of the molecule is COc1ccc(C(OC[C@H]2C[C@@H](n3cnc4c(=O)n(CCOCNC(=O)CNC(=O)OCC[Si](C)(C)C)cnc43)[C@H](O)[C@@H]2O)(c2ccccc2)c2ccc(OC)cc2)cc1. The maximum atomic E-state index is 13.4. The van der Waals surface area contributed by atoms with E-state index < -0.39 is 55.4 Å². The summed E-state index contributed by atoms with van der Waals surface area (Å²) < 4.78 is 31.5. The van der Waals surface area contributed by atoms with Gasteiger partial charge in [0, 0.05) is 14.0 Å². The number of hydrogen-bond donors (Lipinski definition) is 4. The van der Waals surface area contributed by atoms with E-state index in [4.69, 9.17) is 23.7 Å². The van der Waals surface area contributed by atoms with Crippen LogP contribution in [-0.2, 0) is 31.2 Å². The zero-order valence-electron chi connectivity index (χ0n) is 34.6. The summed E-state index contributed by atoms with van der Waals surface area (Å²) in [5, 5.41) is 27.9. The van der Waals surface area contributed by atoms with Crippen molar-refractivity contribution in [2.75, 3.05) is 47.3 Å². The van der Waals surface area contributed by atoms with Crippen molar-refractivity contribution in [2.24, 2.45) is 5.92 Å². The maximum Gasteiger partial charge on any atom is 0.407 e. The predicted octanol–water partition coefficient (Wildman–Crippen LogP) is 4.06. The molecule has 0 spiro atoms. The van der Waals surface area contributed by atoms with E-state index in [-0.39, 0.29) is 44.2 Å². The summed E-state index contributed by atoms with van der Waals surface area (Å²) in [5.74, 6) is 0.410. The van der Waals surface area contributed by atoms with Gasteiger partial charge in [-0.25, -0.2) is 14.8 Å². The van der Waals surface area contributed by atoms with Crippen molar-refractivity contribution in [1.82, 2.24) is 29.7 Å². The fourth-order valence-corrected chi connectivity index (χ4v) is 7.99. The van der Waals surface area contributed by atoms with E-state index in [1.165, 1.54) is 17.2 Å². The van der Waals surface area contributed by atoms with Crippen LogP contribution in [0.25, 0.3) is 11.2 Å². The molecule has 0 bridgehead atoms. The summed E-state index contributed by atoms with van der Waals surface area (Å²) in [5.41, 5.74) is 1.36. The minimum absolute atomic E-state index is 0.0663. The van der Waals surface area contributed by atoms with Crippen LogP contribution in [0.3, 0.4) is 0 Å². The fourth-order valence-electron chi connectivity index (χ4n) is 7.28. The van der Waals surface area contributed by atoms with Gasteiger partial charge in [0.05, 0.1) is 59.1 Å². The monoisotopic (exact) mass is 842 g/mol. The first-order valence-corrected chi connectivity index (χ1v) is 23.6. The Morgan fingerprint density at radius 3 is 2.08 bits per heavy atom. The Hall–Kier alpha value is -5.59. The molecule has 0 aliphatic heterocycles. The lowest BCUT2D eigenvalue weighted by molar-refractivity contribution is -0.121. The lowest BCUT2D eigenvalue weighted by Crippen LogP contribution is -2.38. The highest BCUT2D eigenvalue weighted by molar-refractivity contribution is 6.76. The van der Waals surface area contributed by atoms with E-state index in [1.807, 2.05) is 78.9 Å². The van der Waals surface area contributed by atoms with E-state index in [0.717, 1.165) is 22.7 Å². The van der Waals surface area contributed by atoms with E-state index in [0.29, 0.717) is 24.5 Å². The van der Waals surface area contributed by atoms with Gasteiger partial charge < -0.3 is 49.1 Å². The molecule has 0 saturated heterocycles. The van der Waals surface area contributed by atoms with Crippen molar-refractivity contribution in [3.63, 3.8) is 0 Å². The average molecular weight is 843 g/mol. The van der Waals surface area contributed by atoms with Gasteiger partial charge >= 0.3 is 6.09 Å². The highest BCUT2D eigenvalue weighted by Gasteiger charge is 2.46. The quantitative estimate of drug-likeness (QED) is 0.0404. The third-order valence-electron chi connectivity index (χ3n) is 10.7. The van der Waals surface area contributed by atoms with Crippen LogP contribution in [0.4, 0.5) is 4.79 Å². The standard InChI is InChI=1S/C43H54N6O10Si/c1-55-33-15-11-31(12-16-33)43(30-9-7-6-8-10-30,32-13-17-34(56-2)18-14-32)59-25-29-23-35(39(52)38(29)51)49-27-45-37-40(49)46-26-48(41(37)53)19-20-57-28-47-36(50)24-44-42(54)58-21-22-60(3,4)5/h6-18,26-27,29,35,38-39,51-52H,19-25,28H2,1-5H3,(H,44,54)(H,47,50)/t29-,35-,38-,39+/m1/s1. The number of rotatable bonds is 19. The summed E-state index contributed by atoms with van der Waals surface area (Å²) in [6.07, 6.45) is 0.126. The molecule has 16 nitrogen and oxygen atoms in total. The number of aliphatic hydroxyl groups is 2. The molecule has 0 radical (unpaired) electrons. The van der Waals surface area contributed by atoms with Crippen LogP contribution < -0.4 is 25.7 Å². The molecule has 4 atom stereocenters. The molecule has 17 heteroatoms. The van der Waals surface area contributed by atoms with Crippen molar-refractivity contribution >= 4 is 31.2 Å². The van der Waals surface area contributed by atoms with Crippen LogP contribution in [0.2, 0.25) is 25.7 Å². The molecule has 320 valence electrons. The van der Waals surface area contributed by atoms with Gasteiger partial charge in [-0.3, -0.25) is 14.2 Å². The summed E-state index contributed by atoms with van der Waals surface area (Å²) in [7, 11) is 1.88. The van der Waals surface area contributed by atoms with Crippen LogP contribution in [0.5, 0.6) is 11.5 Å². The maximum absolute atomic E-state index is 13.4. The van der Waals surface area contributed by atoms with Gasteiger partial charge in [0.15, 0.2) is 11.2 Å². The fraction of sp³-hybridized carbons (Fsp3) is 0.419.